The number of rotatable bonds is 3. The van der Waals surface area contributed by atoms with Gasteiger partial charge >= 0.3 is 5.97 Å². The topological polar surface area (TPSA) is 97.7 Å². The van der Waals surface area contributed by atoms with Crippen LogP contribution in [0.5, 0.6) is 0 Å². The third-order valence-corrected chi connectivity index (χ3v) is 4.69. The molecule has 0 spiro atoms. The second-order valence-electron chi connectivity index (χ2n) is 5.11. The van der Waals surface area contributed by atoms with Crippen LogP contribution in [0.25, 0.3) is 0 Å². The molecule has 1 aliphatic carbocycles. The molecule has 0 saturated heterocycles. The molecule has 1 saturated carbocycles. The van der Waals surface area contributed by atoms with Crippen LogP contribution in [-0.2, 0) is 9.53 Å². The van der Waals surface area contributed by atoms with E-state index in [-0.39, 0.29) is 17.1 Å². The Morgan fingerprint density at radius 1 is 1.23 bits per heavy atom. The Hall–Kier alpha value is -2.23. The Balaban J connectivity index is 3.51. The van der Waals surface area contributed by atoms with Crippen LogP contribution in [0.3, 0.4) is 0 Å². The fourth-order valence-corrected chi connectivity index (χ4v) is 3.56. The van der Waals surface area contributed by atoms with Crippen LogP contribution in [-0.4, -0.2) is 19.3 Å². The minimum atomic E-state index is -0.660. The maximum Gasteiger partial charge on any atom is 0.348 e. The lowest BCUT2D eigenvalue weighted by molar-refractivity contribution is -0.135. The summed E-state index contributed by atoms with van der Waals surface area (Å²) in [7, 11) is 1.24. The molecule has 0 aromatic rings. The van der Waals surface area contributed by atoms with E-state index in [1.807, 2.05) is 18.2 Å². The van der Waals surface area contributed by atoms with E-state index >= 15 is 0 Å². The fraction of sp³-hybridized carbons (Fsp3) is 0.500. The summed E-state index contributed by atoms with van der Waals surface area (Å²) >= 11 is 1.32. The number of nitrogens with zero attached hydrogens (tertiary/aromatic N) is 3. The maximum atomic E-state index is 11.9. The Kier molecular flexibility index (Phi) is 6.70. The van der Waals surface area contributed by atoms with E-state index in [0.717, 1.165) is 6.42 Å². The number of allylic oxidation sites excluding steroid dienone is 3. The SMILES string of the molecule is COC(=O)/C(C#N)=C1\C[C@H](C)CC[C@@H]1C(SC)=C(C#N)C#N. The quantitative estimate of drug-likeness (QED) is 0.451. The highest BCUT2D eigenvalue weighted by atomic mass is 32.2. The Bertz CT molecular complexity index is 628. The predicted octanol–water partition coefficient (Wildman–Crippen LogP) is 3.08. The molecule has 1 fully saturated rings. The van der Waals surface area contributed by atoms with E-state index in [9.17, 15) is 10.1 Å². The molecule has 0 unspecified atom stereocenters. The second-order valence-corrected chi connectivity index (χ2v) is 5.96. The molecule has 0 radical (unpaired) electrons. The Morgan fingerprint density at radius 3 is 2.32 bits per heavy atom. The van der Waals surface area contributed by atoms with Gasteiger partial charge in [0.25, 0.3) is 0 Å². The molecule has 0 aromatic heterocycles. The standard InChI is InChI=1S/C16H17N3O2S/c1-10-4-5-12(15(22-3)11(7-17)8-18)13(6-10)14(9-19)16(20)21-2/h10,12H,4-6H2,1-3H3/b14-13+/t10-,12+/m1/s1. The molecule has 0 aliphatic heterocycles. The number of esters is 1. The second kappa shape index (κ2) is 8.27. The van der Waals surface area contributed by atoms with Gasteiger partial charge < -0.3 is 4.74 Å². The summed E-state index contributed by atoms with van der Waals surface area (Å²) in [5.41, 5.74) is 0.730. The lowest BCUT2D eigenvalue weighted by Crippen LogP contribution is -2.21. The van der Waals surface area contributed by atoms with Crippen LogP contribution >= 0.6 is 11.8 Å². The van der Waals surface area contributed by atoms with Crippen molar-refractivity contribution in [3.63, 3.8) is 0 Å². The minimum absolute atomic E-state index is 0.000768. The molecule has 1 rings (SSSR count). The first kappa shape index (κ1) is 17.8. The van der Waals surface area contributed by atoms with Crippen molar-refractivity contribution in [3.8, 4) is 18.2 Å². The van der Waals surface area contributed by atoms with Crippen molar-refractivity contribution in [2.45, 2.75) is 26.2 Å². The fourth-order valence-electron chi connectivity index (χ4n) is 2.72. The summed E-state index contributed by atoms with van der Waals surface area (Å²) in [6.45, 7) is 2.06. The van der Waals surface area contributed by atoms with Crippen LogP contribution in [0.1, 0.15) is 26.2 Å². The van der Waals surface area contributed by atoms with E-state index in [1.165, 1.54) is 18.9 Å². The summed E-state index contributed by atoms with van der Waals surface area (Å²) in [5.74, 6) is -0.559. The number of hydrogen-bond acceptors (Lipinski definition) is 6. The molecule has 0 aromatic carbocycles. The first-order valence-corrected chi connectivity index (χ1v) is 8.06. The normalized spacial score (nSPS) is 22.5. The molecular weight excluding hydrogens is 298 g/mol. The van der Waals surface area contributed by atoms with Gasteiger partial charge in [0.1, 0.15) is 29.4 Å². The molecule has 6 heteroatoms. The zero-order chi connectivity index (χ0) is 16.7. The molecule has 0 heterocycles. The van der Waals surface area contributed by atoms with Gasteiger partial charge in [-0.15, -0.1) is 11.8 Å². The van der Waals surface area contributed by atoms with E-state index in [0.29, 0.717) is 29.2 Å². The molecule has 0 bridgehead atoms. The highest BCUT2D eigenvalue weighted by Crippen LogP contribution is 2.43. The van der Waals surface area contributed by atoms with Crippen LogP contribution in [0.15, 0.2) is 21.6 Å². The highest BCUT2D eigenvalue weighted by molar-refractivity contribution is 8.02. The molecule has 5 nitrogen and oxygen atoms in total. The van der Waals surface area contributed by atoms with E-state index in [2.05, 4.69) is 6.92 Å². The molecule has 1 aliphatic rings. The Morgan fingerprint density at radius 2 is 1.86 bits per heavy atom. The number of hydrogen-bond donors (Lipinski definition) is 0. The van der Waals surface area contributed by atoms with Gasteiger partial charge in [-0.1, -0.05) is 6.92 Å². The van der Waals surface area contributed by atoms with Crippen molar-refractivity contribution in [3.05, 3.63) is 21.6 Å². The third-order valence-electron chi connectivity index (χ3n) is 3.77. The average Bonchev–Trinajstić information content (AvgIpc) is 2.53. The molecule has 0 N–H and O–H groups in total. The zero-order valence-electron chi connectivity index (χ0n) is 12.8. The number of methoxy groups -OCH3 is 1. The lowest BCUT2D eigenvalue weighted by Gasteiger charge is -2.31. The largest absolute Gasteiger partial charge is 0.465 e. The highest BCUT2D eigenvalue weighted by Gasteiger charge is 2.32. The molecule has 22 heavy (non-hydrogen) atoms. The predicted molar refractivity (Wildman–Crippen MR) is 82.9 cm³/mol. The average molecular weight is 315 g/mol. The molecule has 0 amide bonds. The van der Waals surface area contributed by atoms with Crippen molar-refractivity contribution in [2.75, 3.05) is 13.4 Å². The van der Waals surface area contributed by atoms with E-state index < -0.39 is 5.97 Å². The first-order chi connectivity index (χ1) is 10.5. The van der Waals surface area contributed by atoms with Gasteiger partial charge in [0.05, 0.1) is 7.11 Å². The zero-order valence-corrected chi connectivity index (χ0v) is 13.7. The summed E-state index contributed by atoms with van der Waals surface area (Å²) in [6, 6.07) is 5.75. The minimum Gasteiger partial charge on any atom is -0.465 e. The van der Waals surface area contributed by atoms with Crippen molar-refractivity contribution < 1.29 is 9.53 Å². The molecule has 2 atom stereocenters. The first-order valence-electron chi connectivity index (χ1n) is 6.83. The number of carbonyl (C=O) groups is 1. The van der Waals surface area contributed by atoms with Gasteiger partial charge in [0, 0.05) is 10.8 Å². The van der Waals surface area contributed by atoms with Crippen molar-refractivity contribution in [2.24, 2.45) is 11.8 Å². The number of nitriles is 3. The maximum absolute atomic E-state index is 11.9. The Labute approximate surface area is 134 Å². The molecular formula is C16H17N3O2S. The number of ether oxygens (including phenoxy) is 1. The number of thioether (sulfide) groups is 1. The molecule has 114 valence electrons. The summed E-state index contributed by atoms with van der Waals surface area (Å²) in [6.07, 6.45) is 4.02. The van der Waals surface area contributed by atoms with Crippen LogP contribution in [0.4, 0.5) is 0 Å². The van der Waals surface area contributed by atoms with Gasteiger partial charge in [0.2, 0.25) is 0 Å². The van der Waals surface area contributed by atoms with Gasteiger partial charge in [-0.3, -0.25) is 0 Å². The van der Waals surface area contributed by atoms with Crippen LogP contribution in [0, 0.1) is 45.8 Å². The number of carbonyl (C=O) groups excluding carboxylic acids is 1. The van der Waals surface area contributed by atoms with Gasteiger partial charge in [-0.05, 0) is 37.0 Å². The van der Waals surface area contributed by atoms with Crippen molar-refractivity contribution in [1.29, 1.82) is 15.8 Å². The van der Waals surface area contributed by atoms with Gasteiger partial charge in [0.15, 0.2) is 0 Å². The van der Waals surface area contributed by atoms with Crippen molar-refractivity contribution in [1.82, 2.24) is 0 Å². The van der Waals surface area contributed by atoms with E-state index in [4.69, 9.17) is 15.3 Å². The summed E-state index contributed by atoms with van der Waals surface area (Å²) < 4.78 is 4.69. The summed E-state index contributed by atoms with van der Waals surface area (Å²) in [5, 5.41) is 27.6. The van der Waals surface area contributed by atoms with Crippen LogP contribution in [0.2, 0.25) is 0 Å². The lowest BCUT2D eigenvalue weighted by atomic mass is 9.76. The summed E-state index contributed by atoms with van der Waals surface area (Å²) in [4.78, 5) is 12.5. The monoisotopic (exact) mass is 315 g/mol. The van der Waals surface area contributed by atoms with Gasteiger partial charge in [-0.2, -0.15) is 15.8 Å². The van der Waals surface area contributed by atoms with Crippen LogP contribution < -0.4 is 0 Å². The van der Waals surface area contributed by atoms with E-state index in [1.54, 1.807) is 6.26 Å². The third kappa shape index (κ3) is 3.70. The van der Waals surface area contributed by atoms with Crippen molar-refractivity contribution >= 4 is 17.7 Å². The van der Waals surface area contributed by atoms with Gasteiger partial charge in [-0.25, -0.2) is 4.79 Å². The smallest absolute Gasteiger partial charge is 0.348 e.